The summed E-state index contributed by atoms with van der Waals surface area (Å²) in [6.07, 6.45) is 5.17. The molecule has 0 spiro atoms. The zero-order valence-electron chi connectivity index (χ0n) is 11.6. The highest BCUT2D eigenvalue weighted by atomic mass is 16.4. The fraction of sp³-hybridized carbons (Fsp3) is 0.533. The highest BCUT2D eigenvalue weighted by Gasteiger charge is 2.22. The molecular weight excluding hydrogens is 254 g/mol. The Morgan fingerprint density at radius 3 is 2.95 bits per heavy atom. The van der Waals surface area contributed by atoms with Crippen molar-refractivity contribution in [2.75, 3.05) is 0 Å². The van der Waals surface area contributed by atoms with Crippen LogP contribution in [0.15, 0.2) is 18.2 Å². The van der Waals surface area contributed by atoms with E-state index in [-0.39, 0.29) is 5.56 Å². The summed E-state index contributed by atoms with van der Waals surface area (Å²) in [6.45, 7) is 3.19. The Kier molecular flexibility index (Phi) is 3.42. The quantitative estimate of drug-likeness (QED) is 0.933. The summed E-state index contributed by atoms with van der Waals surface area (Å²) in [4.78, 5) is 11.0. The fourth-order valence-corrected chi connectivity index (χ4v) is 3.13. The molecule has 20 heavy (non-hydrogen) atoms. The Hall–Kier alpha value is -1.91. The first kappa shape index (κ1) is 13.1. The lowest BCUT2D eigenvalue weighted by atomic mass is 9.80. The van der Waals surface area contributed by atoms with Crippen molar-refractivity contribution in [2.24, 2.45) is 11.8 Å². The molecule has 1 fully saturated rings. The van der Waals surface area contributed by atoms with Gasteiger partial charge in [0.1, 0.15) is 5.52 Å². The van der Waals surface area contributed by atoms with Crippen LogP contribution in [-0.4, -0.2) is 26.1 Å². The van der Waals surface area contributed by atoms with Gasteiger partial charge in [-0.3, -0.25) is 0 Å². The van der Waals surface area contributed by atoms with Crippen LogP contribution < -0.4 is 0 Å². The van der Waals surface area contributed by atoms with Gasteiger partial charge in [-0.15, -0.1) is 5.10 Å². The third-order valence-electron chi connectivity index (χ3n) is 4.46. The summed E-state index contributed by atoms with van der Waals surface area (Å²) in [6, 6.07) is 5.02. The van der Waals surface area contributed by atoms with Gasteiger partial charge in [0.25, 0.3) is 0 Å². The van der Waals surface area contributed by atoms with E-state index in [0.29, 0.717) is 11.4 Å². The summed E-state index contributed by atoms with van der Waals surface area (Å²) in [5.41, 5.74) is 1.84. The van der Waals surface area contributed by atoms with Crippen LogP contribution >= 0.6 is 0 Å². The predicted molar refractivity (Wildman–Crippen MR) is 75.6 cm³/mol. The van der Waals surface area contributed by atoms with Gasteiger partial charge in [-0.2, -0.15) is 0 Å². The molecule has 0 saturated heterocycles. The number of carboxylic acid groups (broad SMARTS) is 1. The second-order valence-electron chi connectivity index (χ2n) is 5.80. The molecule has 2 atom stereocenters. The summed E-state index contributed by atoms with van der Waals surface area (Å²) >= 11 is 0. The molecule has 1 aliphatic carbocycles. The van der Waals surface area contributed by atoms with E-state index >= 15 is 0 Å². The second kappa shape index (κ2) is 5.23. The van der Waals surface area contributed by atoms with Gasteiger partial charge >= 0.3 is 5.97 Å². The first-order chi connectivity index (χ1) is 9.65. The average Bonchev–Trinajstić information content (AvgIpc) is 2.84. The topological polar surface area (TPSA) is 68.0 Å². The third-order valence-corrected chi connectivity index (χ3v) is 4.46. The van der Waals surface area contributed by atoms with Crippen molar-refractivity contribution in [2.45, 2.75) is 39.2 Å². The molecule has 3 rings (SSSR count). The number of hydrogen-bond acceptors (Lipinski definition) is 3. The van der Waals surface area contributed by atoms with Crippen molar-refractivity contribution >= 4 is 17.0 Å². The number of hydrogen-bond donors (Lipinski definition) is 1. The maximum atomic E-state index is 11.0. The lowest BCUT2D eigenvalue weighted by molar-refractivity contribution is 0.0697. The van der Waals surface area contributed by atoms with Crippen LogP contribution in [0.3, 0.4) is 0 Å². The summed E-state index contributed by atoms with van der Waals surface area (Å²) in [5.74, 6) is 0.441. The van der Waals surface area contributed by atoms with E-state index in [4.69, 9.17) is 5.11 Å². The first-order valence-electron chi connectivity index (χ1n) is 7.21. The molecule has 1 saturated carbocycles. The first-order valence-corrected chi connectivity index (χ1v) is 7.21. The van der Waals surface area contributed by atoms with Crippen molar-refractivity contribution in [3.8, 4) is 0 Å². The molecule has 2 unspecified atom stereocenters. The van der Waals surface area contributed by atoms with Gasteiger partial charge in [-0.1, -0.05) is 31.4 Å². The zero-order chi connectivity index (χ0) is 14.1. The molecule has 1 aliphatic rings. The number of fused-ring (bicyclic) bond motifs is 1. The molecule has 1 aromatic carbocycles. The van der Waals surface area contributed by atoms with Gasteiger partial charge in [0, 0.05) is 6.54 Å². The number of carbonyl (C=O) groups is 1. The van der Waals surface area contributed by atoms with Crippen LogP contribution in [-0.2, 0) is 6.54 Å². The lowest BCUT2D eigenvalue weighted by Crippen LogP contribution is -2.22. The van der Waals surface area contributed by atoms with Gasteiger partial charge < -0.3 is 5.11 Å². The smallest absolute Gasteiger partial charge is 0.335 e. The van der Waals surface area contributed by atoms with E-state index < -0.39 is 5.97 Å². The number of benzene rings is 1. The minimum Gasteiger partial charge on any atom is -0.478 e. The molecule has 5 nitrogen and oxygen atoms in total. The van der Waals surface area contributed by atoms with Gasteiger partial charge in [-0.25, -0.2) is 9.48 Å². The Labute approximate surface area is 117 Å². The van der Waals surface area contributed by atoms with Crippen molar-refractivity contribution in [1.82, 2.24) is 15.0 Å². The van der Waals surface area contributed by atoms with Crippen LogP contribution in [0.4, 0.5) is 0 Å². The number of aromatic carboxylic acids is 1. The van der Waals surface area contributed by atoms with E-state index in [0.717, 1.165) is 18.0 Å². The number of nitrogens with zero attached hydrogens (tertiary/aromatic N) is 3. The van der Waals surface area contributed by atoms with Gasteiger partial charge in [0.15, 0.2) is 0 Å². The third kappa shape index (κ3) is 2.40. The fourth-order valence-electron chi connectivity index (χ4n) is 3.13. The Bertz CT molecular complexity index is 635. The van der Waals surface area contributed by atoms with Crippen LogP contribution in [0, 0.1) is 11.8 Å². The highest BCUT2D eigenvalue weighted by Crippen LogP contribution is 2.31. The second-order valence-corrected chi connectivity index (χ2v) is 5.80. The monoisotopic (exact) mass is 273 g/mol. The maximum Gasteiger partial charge on any atom is 0.335 e. The molecule has 5 heteroatoms. The van der Waals surface area contributed by atoms with Crippen LogP contribution in [0.2, 0.25) is 0 Å². The molecule has 1 aromatic heterocycles. The summed E-state index contributed by atoms with van der Waals surface area (Å²) in [5, 5.41) is 17.3. The molecule has 1 heterocycles. The normalized spacial score (nSPS) is 23.1. The maximum absolute atomic E-state index is 11.0. The van der Waals surface area contributed by atoms with E-state index in [9.17, 15) is 4.79 Å². The number of aromatic nitrogens is 3. The molecule has 0 amide bonds. The minimum atomic E-state index is -0.928. The SMILES string of the molecule is CC1CCCCC1Cn1nnc2cc(C(=O)O)ccc21. The predicted octanol–water partition coefficient (Wildman–Crippen LogP) is 2.96. The van der Waals surface area contributed by atoms with Crippen molar-refractivity contribution < 1.29 is 9.90 Å². The Morgan fingerprint density at radius 2 is 2.20 bits per heavy atom. The summed E-state index contributed by atoms with van der Waals surface area (Å²) < 4.78 is 1.92. The van der Waals surface area contributed by atoms with Crippen molar-refractivity contribution in [1.29, 1.82) is 0 Å². The van der Waals surface area contributed by atoms with Crippen molar-refractivity contribution in [3.05, 3.63) is 23.8 Å². The van der Waals surface area contributed by atoms with E-state index in [1.165, 1.54) is 25.7 Å². The summed E-state index contributed by atoms with van der Waals surface area (Å²) in [7, 11) is 0. The minimum absolute atomic E-state index is 0.260. The van der Waals surface area contributed by atoms with Crippen LogP contribution in [0.25, 0.3) is 11.0 Å². The number of rotatable bonds is 3. The Morgan fingerprint density at radius 1 is 1.40 bits per heavy atom. The van der Waals surface area contributed by atoms with Crippen LogP contribution in [0.1, 0.15) is 43.0 Å². The Balaban J connectivity index is 1.87. The largest absolute Gasteiger partial charge is 0.478 e. The molecule has 0 bridgehead atoms. The molecule has 0 aliphatic heterocycles. The lowest BCUT2D eigenvalue weighted by Gasteiger charge is -2.28. The van der Waals surface area contributed by atoms with E-state index in [1.807, 2.05) is 10.7 Å². The van der Waals surface area contributed by atoms with E-state index in [1.54, 1.807) is 12.1 Å². The van der Waals surface area contributed by atoms with Gasteiger partial charge in [0.2, 0.25) is 0 Å². The zero-order valence-corrected chi connectivity index (χ0v) is 11.6. The number of carboxylic acids is 1. The average molecular weight is 273 g/mol. The van der Waals surface area contributed by atoms with Gasteiger partial charge in [0.05, 0.1) is 11.1 Å². The highest BCUT2D eigenvalue weighted by molar-refractivity contribution is 5.92. The molecular formula is C15H19N3O2. The molecule has 0 radical (unpaired) electrons. The van der Waals surface area contributed by atoms with Gasteiger partial charge in [-0.05, 0) is 36.5 Å². The van der Waals surface area contributed by atoms with E-state index in [2.05, 4.69) is 17.2 Å². The molecule has 2 aromatic rings. The van der Waals surface area contributed by atoms with Crippen LogP contribution in [0.5, 0.6) is 0 Å². The van der Waals surface area contributed by atoms with Crippen molar-refractivity contribution in [3.63, 3.8) is 0 Å². The molecule has 106 valence electrons. The standard InChI is InChI=1S/C15H19N3O2/c1-10-4-2-3-5-12(10)9-18-14-7-6-11(15(19)20)8-13(14)16-17-18/h6-8,10,12H,2-5,9H2,1H3,(H,19,20). The molecule has 1 N–H and O–H groups in total.